The maximum Gasteiger partial charge on any atom is 0.289 e. The molecule has 4 aromatic rings. The maximum absolute atomic E-state index is 14.0. The molecule has 9 heteroatoms. The molecule has 0 radical (unpaired) electrons. The van der Waals surface area contributed by atoms with Crippen molar-refractivity contribution < 1.29 is 13.9 Å². The minimum absolute atomic E-state index is 0.0221. The summed E-state index contributed by atoms with van der Waals surface area (Å²) < 4.78 is 19.4. The van der Waals surface area contributed by atoms with E-state index in [1.165, 1.54) is 6.07 Å². The second-order valence-electron chi connectivity index (χ2n) is 7.90. The molecule has 1 aliphatic heterocycles. The predicted octanol–water partition coefficient (Wildman–Crippen LogP) is 3.49. The van der Waals surface area contributed by atoms with Crippen molar-refractivity contribution in [1.82, 2.24) is 25.3 Å². The first kappa shape index (κ1) is 21.0. The number of amides is 1. The fourth-order valence-corrected chi connectivity index (χ4v) is 3.98. The summed E-state index contributed by atoms with van der Waals surface area (Å²) in [4.78, 5) is 31.0. The summed E-state index contributed by atoms with van der Waals surface area (Å²) in [6, 6.07) is 7.92. The van der Waals surface area contributed by atoms with Crippen LogP contribution in [0.2, 0.25) is 0 Å². The zero-order valence-electron chi connectivity index (χ0n) is 18.1. The number of rotatable bonds is 5. The highest BCUT2D eigenvalue weighted by atomic mass is 19.1. The monoisotopic (exact) mass is 446 g/mol. The normalized spacial score (nSPS) is 14.9. The number of anilines is 1. The van der Waals surface area contributed by atoms with Gasteiger partial charge in [0.1, 0.15) is 11.5 Å². The number of carbonyl (C=O) groups excluding carboxylic acids is 1. The Balaban J connectivity index is 1.35. The molecule has 8 nitrogen and oxygen atoms in total. The van der Waals surface area contributed by atoms with Crippen LogP contribution in [0.15, 0.2) is 55.1 Å². The standard InChI is InChI=1S/C24H23FN6O2/c1-15(18-4-2-3-5-21(18)25)30-24(32)23-26-11-16(12-27-23)20-14-29-22-19(20)10-17(13-28-22)31-6-8-33-9-7-31/h2-5,10-15H,6-9H2,1H3,(H,28,29)(H,30,32). The van der Waals surface area contributed by atoms with E-state index in [1.54, 1.807) is 37.5 Å². The number of pyridine rings is 1. The smallest absolute Gasteiger partial charge is 0.289 e. The summed E-state index contributed by atoms with van der Waals surface area (Å²) in [7, 11) is 0. The summed E-state index contributed by atoms with van der Waals surface area (Å²) in [5, 5.41) is 3.70. The Hall–Kier alpha value is -3.85. The number of fused-ring (bicyclic) bond motifs is 1. The van der Waals surface area contributed by atoms with Crippen LogP contribution in [0.5, 0.6) is 0 Å². The third-order valence-corrected chi connectivity index (χ3v) is 5.78. The first-order valence-corrected chi connectivity index (χ1v) is 10.8. The molecule has 4 heterocycles. The molecule has 0 aliphatic carbocycles. The van der Waals surface area contributed by atoms with Crippen LogP contribution >= 0.6 is 0 Å². The number of nitrogens with one attached hydrogen (secondary N) is 2. The van der Waals surface area contributed by atoms with Crippen molar-refractivity contribution in [2.75, 3.05) is 31.2 Å². The molecule has 1 aliphatic rings. The average molecular weight is 446 g/mol. The van der Waals surface area contributed by atoms with E-state index in [9.17, 15) is 9.18 Å². The molecule has 0 bridgehead atoms. The van der Waals surface area contributed by atoms with Crippen molar-refractivity contribution in [3.63, 3.8) is 0 Å². The van der Waals surface area contributed by atoms with Crippen LogP contribution in [0.4, 0.5) is 10.1 Å². The van der Waals surface area contributed by atoms with Gasteiger partial charge in [-0.05, 0) is 19.1 Å². The van der Waals surface area contributed by atoms with Crippen molar-refractivity contribution in [2.45, 2.75) is 13.0 Å². The SMILES string of the molecule is CC(NC(=O)c1ncc(-c2c[nH]c3ncc(N4CCOCC4)cc23)cn1)c1ccccc1F. The molecule has 1 unspecified atom stereocenters. The van der Waals surface area contributed by atoms with E-state index >= 15 is 0 Å². The van der Waals surface area contributed by atoms with Gasteiger partial charge >= 0.3 is 0 Å². The van der Waals surface area contributed by atoms with E-state index in [0.29, 0.717) is 18.8 Å². The highest BCUT2D eigenvalue weighted by Crippen LogP contribution is 2.30. The van der Waals surface area contributed by atoms with Crippen LogP contribution in [-0.2, 0) is 4.74 Å². The lowest BCUT2D eigenvalue weighted by molar-refractivity contribution is 0.0929. The number of hydrogen-bond donors (Lipinski definition) is 2. The number of aromatic nitrogens is 4. The van der Waals surface area contributed by atoms with E-state index < -0.39 is 11.9 Å². The molecular formula is C24H23FN6O2. The number of benzene rings is 1. The average Bonchev–Trinajstić information content (AvgIpc) is 3.28. The van der Waals surface area contributed by atoms with Gasteiger partial charge in [-0.2, -0.15) is 0 Å². The zero-order chi connectivity index (χ0) is 22.8. The number of nitrogens with zero attached hydrogens (tertiary/aromatic N) is 4. The van der Waals surface area contributed by atoms with Crippen molar-refractivity contribution in [3.05, 3.63) is 72.3 Å². The third-order valence-electron chi connectivity index (χ3n) is 5.78. The zero-order valence-corrected chi connectivity index (χ0v) is 18.1. The number of morpholine rings is 1. The number of carbonyl (C=O) groups is 1. The Morgan fingerprint density at radius 3 is 2.67 bits per heavy atom. The van der Waals surface area contributed by atoms with Crippen LogP contribution in [0.3, 0.4) is 0 Å². The molecule has 0 spiro atoms. The molecule has 168 valence electrons. The summed E-state index contributed by atoms with van der Waals surface area (Å²) in [6.45, 7) is 4.77. The second-order valence-corrected chi connectivity index (χ2v) is 7.90. The van der Waals surface area contributed by atoms with Gasteiger partial charge in [0, 0.05) is 53.8 Å². The van der Waals surface area contributed by atoms with E-state index in [1.807, 2.05) is 12.4 Å². The highest BCUT2D eigenvalue weighted by molar-refractivity contribution is 5.95. The lowest BCUT2D eigenvalue weighted by Gasteiger charge is -2.28. The van der Waals surface area contributed by atoms with Crippen LogP contribution in [-0.4, -0.2) is 52.1 Å². The highest BCUT2D eigenvalue weighted by Gasteiger charge is 2.18. The Bertz CT molecular complexity index is 1280. The van der Waals surface area contributed by atoms with Gasteiger partial charge in [0.15, 0.2) is 0 Å². The van der Waals surface area contributed by atoms with Crippen molar-refractivity contribution in [2.24, 2.45) is 0 Å². The van der Waals surface area contributed by atoms with E-state index in [2.05, 4.69) is 36.2 Å². The van der Waals surface area contributed by atoms with Crippen LogP contribution in [0, 0.1) is 5.82 Å². The molecule has 1 aromatic carbocycles. The van der Waals surface area contributed by atoms with E-state index in [4.69, 9.17) is 4.74 Å². The van der Waals surface area contributed by atoms with Gasteiger partial charge in [-0.15, -0.1) is 0 Å². The first-order valence-electron chi connectivity index (χ1n) is 10.8. The summed E-state index contributed by atoms with van der Waals surface area (Å²) in [6.07, 6.45) is 6.94. The van der Waals surface area contributed by atoms with Crippen LogP contribution in [0.1, 0.15) is 29.1 Å². The van der Waals surface area contributed by atoms with Gasteiger partial charge in [0.05, 0.1) is 31.1 Å². The topological polar surface area (TPSA) is 96.0 Å². The van der Waals surface area contributed by atoms with Crippen molar-refractivity contribution in [1.29, 1.82) is 0 Å². The second kappa shape index (κ2) is 8.95. The van der Waals surface area contributed by atoms with E-state index in [-0.39, 0.29) is 11.6 Å². The Kier molecular flexibility index (Phi) is 5.70. The van der Waals surface area contributed by atoms with Crippen LogP contribution < -0.4 is 10.2 Å². The lowest BCUT2D eigenvalue weighted by atomic mass is 10.1. The Morgan fingerprint density at radius 1 is 1.15 bits per heavy atom. The molecule has 1 atom stereocenters. The molecular weight excluding hydrogens is 423 g/mol. The largest absolute Gasteiger partial charge is 0.378 e. The third kappa shape index (κ3) is 4.27. The minimum Gasteiger partial charge on any atom is -0.378 e. The maximum atomic E-state index is 14.0. The Labute approximate surface area is 189 Å². The molecule has 5 rings (SSSR count). The number of halogens is 1. The summed E-state index contributed by atoms with van der Waals surface area (Å²) in [5.41, 5.74) is 3.87. The molecule has 33 heavy (non-hydrogen) atoms. The van der Waals surface area contributed by atoms with Crippen LogP contribution in [0.25, 0.3) is 22.2 Å². The minimum atomic E-state index is -0.514. The first-order chi connectivity index (χ1) is 16.1. The summed E-state index contributed by atoms with van der Waals surface area (Å²) in [5.74, 6) is -0.813. The number of hydrogen-bond acceptors (Lipinski definition) is 6. The van der Waals surface area contributed by atoms with Gasteiger partial charge < -0.3 is 19.9 Å². The quantitative estimate of drug-likeness (QED) is 0.487. The number of H-pyrrole nitrogens is 1. The fourth-order valence-electron chi connectivity index (χ4n) is 3.98. The van der Waals surface area contributed by atoms with Gasteiger partial charge in [0.25, 0.3) is 5.91 Å². The van der Waals surface area contributed by atoms with Gasteiger partial charge in [-0.25, -0.2) is 19.3 Å². The molecule has 2 N–H and O–H groups in total. The van der Waals surface area contributed by atoms with Gasteiger partial charge in [0.2, 0.25) is 5.82 Å². The van der Waals surface area contributed by atoms with Crippen molar-refractivity contribution in [3.8, 4) is 11.1 Å². The molecule has 1 amide bonds. The fraction of sp³-hybridized carbons (Fsp3) is 0.250. The number of aromatic amines is 1. The Morgan fingerprint density at radius 2 is 1.91 bits per heavy atom. The van der Waals surface area contributed by atoms with Gasteiger partial charge in [-0.1, -0.05) is 18.2 Å². The van der Waals surface area contributed by atoms with Gasteiger partial charge in [-0.3, -0.25) is 4.79 Å². The molecule has 1 saturated heterocycles. The number of ether oxygens (including phenoxy) is 1. The molecule has 0 saturated carbocycles. The molecule has 3 aromatic heterocycles. The lowest BCUT2D eigenvalue weighted by Crippen LogP contribution is -2.36. The molecule has 1 fully saturated rings. The summed E-state index contributed by atoms with van der Waals surface area (Å²) >= 11 is 0. The van der Waals surface area contributed by atoms with E-state index in [0.717, 1.165) is 40.9 Å². The van der Waals surface area contributed by atoms with Crippen molar-refractivity contribution >= 4 is 22.6 Å². The predicted molar refractivity (Wildman–Crippen MR) is 122 cm³/mol.